The molecule has 6 heteroatoms. The monoisotopic (exact) mass is 454 g/mol. The molecular formula is C19H27IN4O. The van der Waals surface area contributed by atoms with E-state index in [4.69, 9.17) is 4.74 Å². The number of pyridine rings is 1. The number of aromatic nitrogens is 1. The molecule has 0 aliphatic heterocycles. The number of ether oxygens (including phenoxy) is 1. The van der Waals surface area contributed by atoms with Gasteiger partial charge in [0.05, 0.1) is 6.10 Å². The standard InChI is InChI=1S/C19H26N4O.HI/c1-15(2)24-18-11-10-17(12-21-18)13-22-19(20-3)23(4)14-16-8-6-5-7-9-16;/h5-12,15H,13-14H2,1-4H3,(H,20,22);1H. The number of nitrogens with zero attached hydrogens (tertiary/aromatic N) is 3. The van der Waals surface area contributed by atoms with E-state index in [1.165, 1.54) is 5.56 Å². The Morgan fingerprint density at radius 2 is 1.88 bits per heavy atom. The molecule has 1 aromatic heterocycles. The second-order valence-electron chi connectivity index (χ2n) is 5.91. The summed E-state index contributed by atoms with van der Waals surface area (Å²) in [5.74, 6) is 1.50. The smallest absolute Gasteiger partial charge is 0.213 e. The molecule has 1 N–H and O–H groups in total. The molecule has 0 unspecified atom stereocenters. The number of benzene rings is 1. The van der Waals surface area contributed by atoms with Crippen LogP contribution in [0.15, 0.2) is 53.7 Å². The van der Waals surface area contributed by atoms with Crippen LogP contribution in [0, 0.1) is 0 Å². The van der Waals surface area contributed by atoms with Gasteiger partial charge in [0, 0.05) is 39.4 Å². The first-order valence-corrected chi connectivity index (χ1v) is 8.15. The summed E-state index contributed by atoms with van der Waals surface area (Å²) in [6, 6.07) is 14.3. The largest absolute Gasteiger partial charge is 0.475 e. The van der Waals surface area contributed by atoms with Crippen LogP contribution in [0.2, 0.25) is 0 Å². The Morgan fingerprint density at radius 1 is 1.16 bits per heavy atom. The van der Waals surface area contributed by atoms with Gasteiger partial charge in [-0.2, -0.15) is 0 Å². The molecule has 0 spiro atoms. The number of rotatable bonds is 6. The van der Waals surface area contributed by atoms with E-state index in [1.807, 2.05) is 57.4 Å². The van der Waals surface area contributed by atoms with E-state index in [1.54, 1.807) is 7.05 Å². The maximum Gasteiger partial charge on any atom is 0.213 e. The van der Waals surface area contributed by atoms with Crippen LogP contribution in [0.1, 0.15) is 25.0 Å². The highest BCUT2D eigenvalue weighted by molar-refractivity contribution is 14.0. The van der Waals surface area contributed by atoms with Crippen LogP contribution in [0.25, 0.3) is 0 Å². The molecule has 1 heterocycles. The van der Waals surface area contributed by atoms with E-state index in [0.29, 0.717) is 12.4 Å². The third-order valence-corrected chi connectivity index (χ3v) is 3.44. The molecule has 0 aliphatic carbocycles. The molecule has 2 aromatic rings. The molecule has 0 aliphatic rings. The maximum atomic E-state index is 5.56. The van der Waals surface area contributed by atoms with Gasteiger partial charge in [-0.3, -0.25) is 4.99 Å². The third kappa shape index (κ3) is 7.29. The molecule has 5 nitrogen and oxygen atoms in total. The number of hydrogen-bond acceptors (Lipinski definition) is 3. The van der Waals surface area contributed by atoms with Crippen molar-refractivity contribution in [1.29, 1.82) is 0 Å². The van der Waals surface area contributed by atoms with E-state index in [9.17, 15) is 0 Å². The topological polar surface area (TPSA) is 49.8 Å². The summed E-state index contributed by atoms with van der Waals surface area (Å²) in [5.41, 5.74) is 2.33. The van der Waals surface area contributed by atoms with Gasteiger partial charge < -0.3 is 15.0 Å². The predicted octanol–water partition coefficient (Wildman–Crippen LogP) is 3.69. The predicted molar refractivity (Wildman–Crippen MR) is 114 cm³/mol. The maximum absolute atomic E-state index is 5.56. The number of nitrogens with one attached hydrogen (secondary N) is 1. The first kappa shape index (κ1) is 21.2. The molecule has 2 rings (SSSR count). The molecule has 0 fully saturated rings. The van der Waals surface area contributed by atoms with E-state index >= 15 is 0 Å². The fraction of sp³-hybridized carbons (Fsp3) is 0.368. The number of guanidine groups is 1. The Balaban J connectivity index is 0.00000312. The van der Waals surface area contributed by atoms with Crippen molar-refractivity contribution in [3.8, 4) is 5.88 Å². The van der Waals surface area contributed by atoms with E-state index in [0.717, 1.165) is 18.1 Å². The lowest BCUT2D eigenvalue weighted by Crippen LogP contribution is -2.38. The lowest BCUT2D eigenvalue weighted by atomic mass is 10.2. The van der Waals surface area contributed by atoms with Gasteiger partial charge in [0.1, 0.15) is 0 Å². The van der Waals surface area contributed by atoms with Crippen molar-refractivity contribution >= 4 is 29.9 Å². The van der Waals surface area contributed by atoms with E-state index in [2.05, 4.69) is 32.3 Å². The van der Waals surface area contributed by atoms with Gasteiger partial charge in [-0.15, -0.1) is 24.0 Å². The summed E-state index contributed by atoms with van der Waals surface area (Å²) in [5, 5.41) is 3.36. The molecule has 0 atom stereocenters. The average molecular weight is 454 g/mol. The number of halogens is 1. The third-order valence-electron chi connectivity index (χ3n) is 3.44. The van der Waals surface area contributed by atoms with Gasteiger partial charge in [-0.1, -0.05) is 36.4 Å². The lowest BCUT2D eigenvalue weighted by Gasteiger charge is -2.22. The van der Waals surface area contributed by atoms with Crippen LogP contribution >= 0.6 is 24.0 Å². The molecule has 0 bridgehead atoms. The average Bonchev–Trinajstić information content (AvgIpc) is 2.57. The van der Waals surface area contributed by atoms with Crippen LogP contribution in [-0.2, 0) is 13.1 Å². The highest BCUT2D eigenvalue weighted by Crippen LogP contribution is 2.09. The van der Waals surface area contributed by atoms with Crippen LogP contribution in [0.5, 0.6) is 5.88 Å². The fourth-order valence-electron chi connectivity index (χ4n) is 2.32. The zero-order valence-electron chi connectivity index (χ0n) is 15.3. The Hall–Kier alpha value is -1.83. The summed E-state index contributed by atoms with van der Waals surface area (Å²) in [6.07, 6.45) is 1.96. The minimum Gasteiger partial charge on any atom is -0.475 e. The van der Waals surface area contributed by atoms with Gasteiger partial charge in [-0.05, 0) is 25.0 Å². The number of aliphatic imine (C=N–C) groups is 1. The van der Waals surface area contributed by atoms with Crippen molar-refractivity contribution in [3.05, 3.63) is 59.8 Å². The Morgan fingerprint density at radius 3 is 2.44 bits per heavy atom. The van der Waals surface area contributed by atoms with Gasteiger partial charge in [0.15, 0.2) is 5.96 Å². The first-order chi connectivity index (χ1) is 11.6. The second kappa shape index (κ2) is 10.9. The summed E-state index contributed by atoms with van der Waals surface area (Å²) in [6.45, 7) is 5.45. The second-order valence-corrected chi connectivity index (χ2v) is 5.91. The first-order valence-electron chi connectivity index (χ1n) is 8.15. The summed E-state index contributed by atoms with van der Waals surface area (Å²) >= 11 is 0. The Bertz CT molecular complexity index is 644. The van der Waals surface area contributed by atoms with Crippen molar-refractivity contribution in [2.45, 2.75) is 33.0 Å². The summed E-state index contributed by atoms with van der Waals surface area (Å²) in [4.78, 5) is 10.8. The summed E-state index contributed by atoms with van der Waals surface area (Å²) < 4.78 is 5.56. The quantitative estimate of drug-likeness (QED) is 0.411. The van der Waals surface area contributed by atoms with Crippen molar-refractivity contribution in [3.63, 3.8) is 0 Å². The normalized spacial score (nSPS) is 11.0. The Kier molecular flexibility index (Phi) is 9.26. The minimum atomic E-state index is 0. The van der Waals surface area contributed by atoms with Gasteiger partial charge in [0.25, 0.3) is 0 Å². The van der Waals surface area contributed by atoms with Crippen molar-refractivity contribution in [1.82, 2.24) is 15.2 Å². The zero-order valence-corrected chi connectivity index (χ0v) is 17.6. The van der Waals surface area contributed by atoms with Crippen molar-refractivity contribution < 1.29 is 4.74 Å². The van der Waals surface area contributed by atoms with Gasteiger partial charge in [-0.25, -0.2) is 4.98 Å². The van der Waals surface area contributed by atoms with Crippen molar-refractivity contribution in [2.75, 3.05) is 14.1 Å². The van der Waals surface area contributed by atoms with Crippen LogP contribution in [-0.4, -0.2) is 36.0 Å². The highest BCUT2D eigenvalue weighted by Gasteiger charge is 2.07. The van der Waals surface area contributed by atoms with Crippen LogP contribution in [0.3, 0.4) is 0 Å². The molecule has 1 aromatic carbocycles. The molecule has 0 saturated carbocycles. The Labute approximate surface area is 167 Å². The minimum absolute atomic E-state index is 0. The van der Waals surface area contributed by atoms with Crippen LogP contribution < -0.4 is 10.1 Å². The zero-order chi connectivity index (χ0) is 17.4. The van der Waals surface area contributed by atoms with E-state index in [-0.39, 0.29) is 30.1 Å². The molecule has 0 radical (unpaired) electrons. The number of hydrogen-bond donors (Lipinski definition) is 1. The van der Waals surface area contributed by atoms with Gasteiger partial charge in [0.2, 0.25) is 5.88 Å². The van der Waals surface area contributed by atoms with Crippen LogP contribution in [0.4, 0.5) is 0 Å². The summed E-state index contributed by atoms with van der Waals surface area (Å²) in [7, 11) is 3.82. The molecule has 25 heavy (non-hydrogen) atoms. The molecular weight excluding hydrogens is 427 g/mol. The fourth-order valence-corrected chi connectivity index (χ4v) is 2.32. The SMILES string of the molecule is CN=C(NCc1ccc(OC(C)C)nc1)N(C)Cc1ccccc1.I. The highest BCUT2D eigenvalue weighted by atomic mass is 127. The van der Waals surface area contributed by atoms with E-state index < -0.39 is 0 Å². The van der Waals surface area contributed by atoms with Gasteiger partial charge >= 0.3 is 0 Å². The molecule has 0 amide bonds. The lowest BCUT2D eigenvalue weighted by molar-refractivity contribution is 0.232. The van der Waals surface area contributed by atoms with Crippen molar-refractivity contribution in [2.24, 2.45) is 4.99 Å². The molecule has 136 valence electrons. The molecule has 0 saturated heterocycles.